The lowest BCUT2D eigenvalue weighted by molar-refractivity contribution is -0.133. The number of nitrogens with one attached hydrogen (secondary N) is 1. The summed E-state index contributed by atoms with van der Waals surface area (Å²) in [5.41, 5.74) is 5.86. The number of rotatable bonds is 3. The lowest BCUT2D eigenvalue weighted by Gasteiger charge is -2.29. The van der Waals surface area contributed by atoms with Crippen molar-refractivity contribution in [2.75, 3.05) is 18.8 Å². The number of nitrogens with two attached hydrogens (primary N) is 1. The quantitative estimate of drug-likeness (QED) is 0.830. The highest BCUT2D eigenvalue weighted by Crippen LogP contribution is 2.14. The third-order valence-electron chi connectivity index (χ3n) is 3.64. The van der Waals surface area contributed by atoms with Crippen LogP contribution in [0.4, 0.5) is 10.1 Å². The fourth-order valence-corrected chi connectivity index (χ4v) is 2.46. The first kappa shape index (κ1) is 15.3. The summed E-state index contributed by atoms with van der Waals surface area (Å²) in [6.45, 7) is 3.12. The van der Waals surface area contributed by atoms with Crippen LogP contribution in [0, 0.1) is 5.82 Å². The molecule has 0 saturated carbocycles. The predicted octanol–water partition coefficient (Wildman–Crippen LogP) is 1.54. The molecule has 2 amide bonds. The zero-order chi connectivity index (χ0) is 15.4. The predicted molar refractivity (Wildman–Crippen MR) is 78.2 cm³/mol. The second-order valence-corrected chi connectivity index (χ2v) is 5.31. The summed E-state index contributed by atoms with van der Waals surface area (Å²) < 4.78 is 13.0. The number of nitrogen functional groups attached to an aromatic ring is 1. The molecule has 1 fully saturated rings. The molecule has 3 N–H and O–H groups in total. The van der Waals surface area contributed by atoms with E-state index in [4.69, 9.17) is 5.73 Å². The molecule has 2 rings (SSSR count). The van der Waals surface area contributed by atoms with Crippen molar-refractivity contribution in [2.45, 2.75) is 32.2 Å². The van der Waals surface area contributed by atoms with Crippen molar-refractivity contribution in [2.24, 2.45) is 0 Å². The maximum Gasteiger partial charge on any atom is 0.254 e. The van der Waals surface area contributed by atoms with Gasteiger partial charge < -0.3 is 16.0 Å². The molecule has 0 aromatic heterocycles. The molecule has 1 aliphatic rings. The van der Waals surface area contributed by atoms with Gasteiger partial charge in [-0.25, -0.2) is 4.39 Å². The molecular formula is C15H20FN3O2. The molecule has 0 radical (unpaired) electrons. The molecule has 5 nitrogen and oxygen atoms in total. The van der Waals surface area contributed by atoms with Gasteiger partial charge in [0.05, 0.1) is 5.56 Å². The number of carbonyl (C=O) groups is 2. The number of hydrogen-bond acceptors (Lipinski definition) is 3. The van der Waals surface area contributed by atoms with Crippen molar-refractivity contribution in [3.8, 4) is 0 Å². The lowest BCUT2D eigenvalue weighted by atomic mass is 10.1. The Labute approximate surface area is 123 Å². The molecule has 1 heterocycles. The highest BCUT2D eigenvalue weighted by atomic mass is 19.1. The van der Waals surface area contributed by atoms with Crippen LogP contribution in [-0.2, 0) is 4.79 Å². The van der Waals surface area contributed by atoms with Gasteiger partial charge in [0.25, 0.3) is 5.91 Å². The molecule has 1 aromatic rings. The Morgan fingerprint density at radius 2 is 1.95 bits per heavy atom. The standard InChI is InChI=1S/C15H20FN3O2/c1-10(15(21)19-7-3-2-4-8-19)18-14(20)12-6-5-11(16)9-13(12)17/h5-6,9-10H,2-4,7-8,17H2,1H3,(H,18,20). The average Bonchev–Trinajstić information content (AvgIpc) is 2.47. The minimum Gasteiger partial charge on any atom is -0.398 e. The van der Waals surface area contributed by atoms with Crippen molar-refractivity contribution in [1.29, 1.82) is 0 Å². The van der Waals surface area contributed by atoms with E-state index < -0.39 is 17.8 Å². The second kappa shape index (κ2) is 6.56. The molecule has 1 saturated heterocycles. The lowest BCUT2D eigenvalue weighted by Crippen LogP contribution is -2.48. The molecule has 0 aliphatic carbocycles. The monoisotopic (exact) mass is 293 g/mol. The van der Waals surface area contributed by atoms with Gasteiger partial charge >= 0.3 is 0 Å². The average molecular weight is 293 g/mol. The van der Waals surface area contributed by atoms with Crippen LogP contribution >= 0.6 is 0 Å². The van der Waals surface area contributed by atoms with E-state index in [-0.39, 0.29) is 17.2 Å². The number of carbonyl (C=O) groups excluding carboxylic acids is 2. The van der Waals surface area contributed by atoms with Gasteiger partial charge in [-0.05, 0) is 44.4 Å². The fraction of sp³-hybridized carbons (Fsp3) is 0.467. The number of anilines is 1. The van der Waals surface area contributed by atoms with Crippen molar-refractivity contribution in [1.82, 2.24) is 10.2 Å². The Hall–Kier alpha value is -2.11. The van der Waals surface area contributed by atoms with E-state index in [2.05, 4.69) is 5.32 Å². The van der Waals surface area contributed by atoms with Crippen LogP contribution in [-0.4, -0.2) is 35.8 Å². The molecule has 114 valence electrons. The molecule has 0 spiro atoms. The molecule has 0 bridgehead atoms. The van der Waals surface area contributed by atoms with Gasteiger partial charge in [-0.3, -0.25) is 9.59 Å². The van der Waals surface area contributed by atoms with E-state index in [0.29, 0.717) is 0 Å². The minimum absolute atomic E-state index is 0.0603. The van der Waals surface area contributed by atoms with Gasteiger partial charge in [0, 0.05) is 18.8 Å². The Bertz CT molecular complexity index is 542. The van der Waals surface area contributed by atoms with E-state index in [1.54, 1.807) is 11.8 Å². The summed E-state index contributed by atoms with van der Waals surface area (Å²) in [5, 5.41) is 2.62. The Morgan fingerprint density at radius 1 is 1.29 bits per heavy atom. The van der Waals surface area contributed by atoms with Gasteiger partial charge in [0.15, 0.2) is 0 Å². The van der Waals surface area contributed by atoms with Gasteiger partial charge in [-0.1, -0.05) is 0 Å². The first-order valence-corrected chi connectivity index (χ1v) is 7.13. The summed E-state index contributed by atoms with van der Waals surface area (Å²) in [6, 6.07) is 2.95. The molecular weight excluding hydrogens is 273 g/mol. The zero-order valence-corrected chi connectivity index (χ0v) is 12.1. The van der Waals surface area contributed by atoms with E-state index in [1.807, 2.05) is 0 Å². The number of amides is 2. The summed E-state index contributed by atoms with van der Waals surface area (Å²) in [6.07, 6.45) is 3.13. The summed E-state index contributed by atoms with van der Waals surface area (Å²) >= 11 is 0. The number of likely N-dealkylation sites (tertiary alicyclic amines) is 1. The number of halogens is 1. The van der Waals surface area contributed by atoms with Crippen LogP contribution in [0.15, 0.2) is 18.2 Å². The molecule has 1 unspecified atom stereocenters. The zero-order valence-electron chi connectivity index (χ0n) is 12.1. The van der Waals surface area contributed by atoms with Gasteiger partial charge in [-0.2, -0.15) is 0 Å². The number of hydrogen-bond donors (Lipinski definition) is 2. The van der Waals surface area contributed by atoms with Crippen LogP contribution in [0.25, 0.3) is 0 Å². The Morgan fingerprint density at radius 3 is 2.57 bits per heavy atom. The van der Waals surface area contributed by atoms with Crippen LogP contribution in [0.3, 0.4) is 0 Å². The Balaban J connectivity index is 1.99. The summed E-state index contributed by atoms with van der Waals surface area (Å²) in [4.78, 5) is 26.1. The third-order valence-corrected chi connectivity index (χ3v) is 3.64. The molecule has 1 atom stereocenters. The van der Waals surface area contributed by atoms with Crippen molar-refractivity contribution < 1.29 is 14.0 Å². The van der Waals surface area contributed by atoms with E-state index in [0.717, 1.165) is 38.4 Å². The molecule has 1 aliphatic heterocycles. The second-order valence-electron chi connectivity index (χ2n) is 5.31. The van der Waals surface area contributed by atoms with Gasteiger partial charge in [0.2, 0.25) is 5.91 Å². The van der Waals surface area contributed by atoms with Crippen molar-refractivity contribution >= 4 is 17.5 Å². The van der Waals surface area contributed by atoms with Crippen LogP contribution in [0.1, 0.15) is 36.5 Å². The van der Waals surface area contributed by atoms with Crippen molar-refractivity contribution in [3.05, 3.63) is 29.6 Å². The Kier molecular flexibility index (Phi) is 4.77. The van der Waals surface area contributed by atoms with Crippen LogP contribution in [0.5, 0.6) is 0 Å². The van der Waals surface area contributed by atoms with Gasteiger partial charge in [0.1, 0.15) is 11.9 Å². The number of benzene rings is 1. The first-order valence-electron chi connectivity index (χ1n) is 7.13. The first-order chi connectivity index (χ1) is 9.99. The normalized spacial score (nSPS) is 16.4. The smallest absolute Gasteiger partial charge is 0.254 e. The highest BCUT2D eigenvalue weighted by molar-refractivity contribution is 6.01. The van der Waals surface area contributed by atoms with E-state index in [9.17, 15) is 14.0 Å². The highest BCUT2D eigenvalue weighted by Gasteiger charge is 2.24. The summed E-state index contributed by atoms with van der Waals surface area (Å²) in [7, 11) is 0. The molecule has 6 heteroatoms. The molecule has 1 aromatic carbocycles. The van der Waals surface area contributed by atoms with Gasteiger partial charge in [-0.15, -0.1) is 0 Å². The SMILES string of the molecule is CC(NC(=O)c1ccc(F)cc1N)C(=O)N1CCCCC1. The number of nitrogens with zero attached hydrogens (tertiary/aromatic N) is 1. The maximum atomic E-state index is 13.0. The van der Waals surface area contributed by atoms with Crippen LogP contribution in [0.2, 0.25) is 0 Å². The maximum absolute atomic E-state index is 13.0. The fourth-order valence-electron chi connectivity index (χ4n) is 2.46. The summed E-state index contributed by atoms with van der Waals surface area (Å²) in [5.74, 6) is -1.06. The number of piperidine rings is 1. The third kappa shape index (κ3) is 3.71. The molecule has 21 heavy (non-hydrogen) atoms. The van der Waals surface area contributed by atoms with Crippen molar-refractivity contribution in [3.63, 3.8) is 0 Å². The largest absolute Gasteiger partial charge is 0.398 e. The topological polar surface area (TPSA) is 75.4 Å². The van der Waals surface area contributed by atoms with E-state index in [1.165, 1.54) is 12.1 Å². The van der Waals surface area contributed by atoms with E-state index >= 15 is 0 Å². The van der Waals surface area contributed by atoms with Crippen LogP contribution < -0.4 is 11.1 Å². The minimum atomic E-state index is -0.625.